The lowest BCUT2D eigenvalue weighted by atomic mass is 9.84. The molecule has 4 rings (SSSR count). The molecule has 10 heteroatoms. The van der Waals surface area contributed by atoms with Crippen LogP contribution in [0.5, 0.6) is 11.5 Å². The number of anilines is 1. The van der Waals surface area contributed by atoms with Crippen LogP contribution in [0.1, 0.15) is 84.4 Å². The van der Waals surface area contributed by atoms with E-state index in [1.807, 2.05) is 27.7 Å². The van der Waals surface area contributed by atoms with Crippen molar-refractivity contribution in [2.24, 2.45) is 0 Å². The van der Waals surface area contributed by atoms with Gasteiger partial charge in [-0.15, -0.1) is 0 Å². The number of rotatable bonds is 11. The van der Waals surface area contributed by atoms with Gasteiger partial charge >= 0.3 is 5.97 Å². The zero-order valence-electron chi connectivity index (χ0n) is 24.6. The number of fused-ring (bicyclic) bond motifs is 1. The summed E-state index contributed by atoms with van der Waals surface area (Å²) < 4.78 is 11.7. The van der Waals surface area contributed by atoms with E-state index in [1.54, 1.807) is 36.2 Å². The van der Waals surface area contributed by atoms with Gasteiger partial charge in [-0.1, -0.05) is 27.7 Å². The monoisotopic (exact) mass is 564 g/mol. The van der Waals surface area contributed by atoms with Crippen LogP contribution in [0.25, 0.3) is 0 Å². The summed E-state index contributed by atoms with van der Waals surface area (Å²) in [5.74, 6) is -0.373. The van der Waals surface area contributed by atoms with Crippen molar-refractivity contribution in [1.29, 1.82) is 5.41 Å². The molecule has 0 aliphatic carbocycles. The SMILES string of the molecule is CCCOc1cc2c(cc1C(=O)NC)C(=N)N(CC(=O)c1cc(N3CCCC3)c(OCC(=O)O)c(C(C)(C)C)c1)C2. The first-order valence-electron chi connectivity index (χ1n) is 14.1. The van der Waals surface area contributed by atoms with E-state index in [2.05, 4.69) is 10.2 Å². The molecule has 0 spiro atoms. The minimum Gasteiger partial charge on any atom is -0.493 e. The van der Waals surface area contributed by atoms with Gasteiger partial charge in [-0.3, -0.25) is 15.0 Å². The molecule has 0 saturated carbocycles. The largest absolute Gasteiger partial charge is 0.493 e. The molecule has 2 aromatic carbocycles. The van der Waals surface area contributed by atoms with Gasteiger partial charge in [0.15, 0.2) is 12.4 Å². The van der Waals surface area contributed by atoms with Crippen LogP contribution in [0.2, 0.25) is 0 Å². The maximum Gasteiger partial charge on any atom is 0.341 e. The van der Waals surface area contributed by atoms with Crippen molar-refractivity contribution in [2.45, 2.75) is 58.9 Å². The number of hydrogen-bond donors (Lipinski definition) is 3. The maximum absolute atomic E-state index is 13.8. The van der Waals surface area contributed by atoms with Crippen molar-refractivity contribution in [3.8, 4) is 11.5 Å². The molecule has 220 valence electrons. The number of aliphatic carboxylic acids is 1. The second kappa shape index (κ2) is 12.2. The summed E-state index contributed by atoms with van der Waals surface area (Å²) in [6.45, 7) is 9.92. The molecule has 2 heterocycles. The molecular weight excluding hydrogens is 524 g/mol. The lowest BCUT2D eigenvalue weighted by molar-refractivity contribution is -0.139. The highest BCUT2D eigenvalue weighted by molar-refractivity contribution is 6.08. The second-order valence-corrected chi connectivity index (χ2v) is 11.6. The lowest BCUT2D eigenvalue weighted by Crippen LogP contribution is -2.31. The van der Waals surface area contributed by atoms with Crippen molar-refractivity contribution in [3.05, 3.63) is 52.1 Å². The van der Waals surface area contributed by atoms with Crippen LogP contribution in [0, 0.1) is 5.41 Å². The van der Waals surface area contributed by atoms with E-state index in [4.69, 9.17) is 14.9 Å². The number of carboxylic acid groups (broad SMARTS) is 1. The van der Waals surface area contributed by atoms with Crippen molar-refractivity contribution in [3.63, 3.8) is 0 Å². The Morgan fingerprint density at radius 3 is 2.39 bits per heavy atom. The first-order valence-corrected chi connectivity index (χ1v) is 14.1. The Bertz CT molecular complexity index is 1360. The number of carboxylic acids is 1. The van der Waals surface area contributed by atoms with E-state index in [-0.39, 0.29) is 24.1 Å². The molecule has 3 N–H and O–H groups in total. The van der Waals surface area contributed by atoms with Crippen molar-refractivity contribution < 1.29 is 29.0 Å². The smallest absolute Gasteiger partial charge is 0.341 e. The molecule has 2 aliphatic heterocycles. The third-order valence-corrected chi connectivity index (χ3v) is 7.39. The van der Waals surface area contributed by atoms with Gasteiger partial charge in [0, 0.05) is 43.4 Å². The average Bonchev–Trinajstić information content (AvgIpc) is 3.57. The first-order chi connectivity index (χ1) is 19.4. The Balaban J connectivity index is 1.66. The normalized spacial score (nSPS) is 14.7. The predicted octanol–water partition coefficient (Wildman–Crippen LogP) is 4.22. The quantitative estimate of drug-likeness (QED) is 0.346. The number of Topliss-reactive ketones (excluding diaryl/α,β-unsaturated/α-hetero) is 1. The highest BCUT2D eigenvalue weighted by atomic mass is 16.5. The second-order valence-electron chi connectivity index (χ2n) is 11.6. The van der Waals surface area contributed by atoms with Crippen LogP contribution in [0.15, 0.2) is 24.3 Å². The molecule has 41 heavy (non-hydrogen) atoms. The molecule has 0 bridgehead atoms. The Hall–Kier alpha value is -4.08. The van der Waals surface area contributed by atoms with E-state index in [0.717, 1.165) is 49.2 Å². The molecule has 2 aromatic rings. The maximum atomic E-state index is 13.8. The fourth-order valence-electron chi connectivity index (χ4n) is 5.28. The van der Waals surface area contributed by atoms with Crippen LogP contribution in [-0.4, -0.2) is 73.4 Å². The number of amidine groups is 1. The number of ketones is 1. The lowest BCUT2D eigenvalue weighted by Gasteiger charge is -2.29. The molecule has 0 aromatic heterocycles. The van der Waals surface area contributed by atoms with Gasteiger partial charge in [0.05, 0.1) is 24.4 Å². The molecule has 1 amide bonds. The van der Waals surface area contributed by atoms with Gasteiger partial charge in [0.2, 0.25) is 0 Å². The number of nitrogens with one attached hydrogen (secondary N) is 2. The third-order valence-electron chi connectivity index (χ3n) is 7.39. The van der Waals surface area contributed by atoms with Gasteiger partial charge < -0.3 is 29.7 Å². The summed E-state index contributed by atoms with van der Waals surface area (Å²) >= 11 is 0. The molecular formula is C31H40N4O6. The molecule has 10 nitrogen and oxygen atoms in total. The van der Waals surface area contributed by atoms with Crippen LogP contribution >= 0.6 is 0 Å². The first kappa shape index (κ1) is 29.9. The number of hydrogen-bond acceptors (Lipinski definition) is 7. The Labute approximate surface area is 241 Å². The van der Waals surface area contributed by atoms with E-state index in [9.17, 15) is 19.5 Å². The van der Waals surface area contributed by atoms with Crippen LogP contribution < -0.4 is 19.7 Å². The van der Waals surface area contributed by atoms with Gasteiger partial charge in [0.1, 0.15) is 17.3 Å². The number of carbonyl (C=O) groups is 3. The predicted molar refractivity (Wildman–Crippen MR) is 157 cm³/mol. The van der Waals surface area contributed by atoms with Gasteiger partial charge in [-0.2, -0.15) is 0 Å². The molecule has 2 aliphatic rings. The van der Waals surface area contributed by atoms with Gasteiger partial charge in [-0.25, -0.2) is 4.79 Å². The molecule has 0 radical (unpaired) electrons. The van der Waals surface area contributed by atoms with Crippen LogP contribution in [0.4, 0.5) is 5.69 Å². The highest BCUT2D eigenvalue weighted by Crippen LogP contribution is 2.42. The Morgan fingerprint density at radius 1 is 1.07 bits per heavy atom. The van der Waals surface area contributed by atoms with E-state index in [0.29, 0.717) is 41.3 Å². The zero-order chi connectivity index (χ0) is 29.9. The van der Waals surface area contributed by atoms with E-state index >= 15 is 0 Å². The number of benzene rings is 2. The fraction of sp³-hybridized carbons (Fsp3) is 0.484. The summed E-state index contributed by atoms with van der Waals surface area (Å²) in [5, 5.41) is 20.7. The van der Waals surface area contributed by atoms with Gasteiger partial charge in [-0.05, 0) is 54.5 Å². The van der Waals surface area contributed by atoms with Crippen molar-refractivity contribution in [1.82, 2.24) is 10.2 Å². The van der Waals surface area contributed by atoms with E-state index in [1.165, 1.54) is 0 Å². The summed E-state index contributed by atoms with van der Waals surface area (Å²) in [7, 11) is 1.55. The fourth-order valence-corrected chi connectivity index (χ4v) is 5.28. The summed E-state index contributed by atoms with van der Waals surface area (Å²) in [6.07, 6.45) is 2.80. The summed E-state index contributed by atoms with van der Waals surface area (Å²) in [5.41, 5.74) is 3.35. The minimum atomic E-state index is -1.06. The number of nitrogens with zero attached hydrogens (tertiary/aromatic N) is 2. The summed E-state index contributed by atoms with van der Waals surface area (Å²) in [4.78, 5) is 41.5. The summed E-state index contributed by atoms with van der Waals surface area (Å²) in [6, 6.07) is 7.07. The molecule has 1 saturated heterocycles. The molecule has 0 atom stereocenters. The topological polar surface area (TPSA) is 132 Å². The van der Waals surface area contributed by atoms with Crippen molar-refractivity contribution in [2.75, 3.05) is 44.8 Å². The van der Waals surface area contributed by atoms with Crippen LogP contribution in [-0.2, 0) is 16.8 Å². The number of ether oxygens (including phenoxy) is 2. The third kappa shape index (κ3) is 6.47. The Kier molecular flexibility index (Phi) is 8.89. The van der Waals surface area contributed by atoms with Crippen molar-refractivity contribution >= 4 is 29.2 Å². The molecule has 0 unspecified atom stereocenters. The van der Waals surface area contributed by atoms with Crippen LogP contribution in [0.3, 0.4) is 0 Å². The number of amides is 1. The molecule has 1 fully saturated rings. The minimum absolute atomic E-state index is 0.0215. The van der Waals surface area contributed by atoms with E-state index < -0.39 is 18.0 Å². The highest BCUT2D eigenvalue weighted by Gasteiger charge is 2.32. The van der Waals surface area contributed by atoms with Gasteiger partial charge in [0.25, 0.3) is 5.91 Å². The Morgan fingerprint density at radius 2 is 1.78 bits per heavy atom. The number of carbonyl (C=O) groups excluding carboxylic acids is 2. The standard InChI is InChI=1S/C31H40N4O6/c1-6-11-40-26-14-20-16-35(29(32)21(20)15-22(26)30(39)33-5)17-25(36)19-12-23(31(2,3)4)28(41-18-27(37)38)24(13-19)34-9-7-8-10-34/h12-15,32H,6-11,16-18H2,1-5H3,(H,33,39)(H,37,38). The average molecular weight is 565 g/mol. The zero-order valence-corrected chi connectivity index (χ0v) is 24.6.